The highest BCUT2D eigenvalue weighted by atomic mass is 79.9. The number of nitrogens with zero attached hydrogens (tertiary/aromatic N) is 4. The standard InChI is InChI=1S/C14H20BrN5O/c1-13(2)6-8(14(3,4)21-13)18-11-9-10(15)19-20(5)12(9)17-7-16-11/h7-8H,6H2,1-5H3,(H,16,17,18). The molecule has 0 radical (unpaired) electrons. The highest BCUT2D eigenvalue weighted by Gasteiger charge is 2.46. The third kappa shape index (κ3) is 2.53. The van der Waals surface area contributed by atoms with Crippen LogP contribution in [0, 0.1) is 0 Å². The van der Waals surface area contributed by atoms with Gasteiger partial charge in [0.1, 0.15) is 16.7 Å². The van der Waals surface area contributed by atoms with Crippen LogP contribution in [0.2, 0.25) is 0 Å². The Labute approximate surface area is 132 Å². The fourth-order valence-corrected chi connectivity index (χ4v) is 3.71. The Morgan fingerprint density at radius 1 is 1.33 bits per heavy atom. The first-order valence-electron chi connectivity index (χ1n) is 6.99. The van der Waals surface area contributed by atoms with E-state index in [1.165, 1.54) is 0 Å². The van der Waals surface area contributed by atoms with E-state index in [1.807, 2.05) is 7.05 Å². The second-order valence-electron chi connectivity index (χ2n) is 6.70. The van der Waals surface area contributed by atoms with Crippen LogP contribution >= 0.6 is 15.9 Å². The molecule has 1 fully saturated rings. The number of ether oxygens (including phenoxy) is 1. The maximum atomic E-state index is 6.13. The predicted molar refractivity (Wildman–Crippen MR) is 85.3 cm³/mol. The van der Waals surface area contributed by atoms with Crippen LogP contribution in [0.4, 0.5) is 5.82 Å². The van der Waals surface area contributed by atoms with Crippen molar-refractivity contribution in [3.63, 3.8) is 0 Å². The second-order valence-corrected chi connectivity index (χ2v) is 7.45. The van der Waals surface area contributed by atoms with E-state index in [-0.39, 0.29) is 17.2 Å². The van der Waals surface area contributed by atoms with Gasteiger partial charge < -0.3 is 10.1 Å². The van der Waals surface area contributed by atoms with Gasteiger partial charge in [-0.1, -0.05) is 0 Å². The van der Waals surface area contributed by atoms with E-state index in [1.54, 1.807) is 11.0 Å². The van der Waals surface area contributed by atoms with Crippen LogP contribution in [0.1, 0.15) is 34.1 Å². The molecule has 1 N–H and O–H groups in total. The van der Waals surface area contributed by atoms with Crippen molar-refractivity contribution in [2.24, 2.45) is 7.05 Å². The van der Waals surface area contributed by atoms with Crippen LogP contribution in [0.15, 0.2) is 10.9 Å². The molecular weight excluding hydrogens is 334 g/mol. The van der Waals surface area contributed by atoms with E-state index in [9.17, 15) is 0 Å². The Morgan fingerprint density at radius 3 is 2.67 bits per heavy atom. The molecule has 0 amide bonds. The Kier molecular flexibility index (Phi) is 3.25. The van der Waals surface area contributed by atoms with Gasteiger partial charge in [0, 0.05) is 7.05 Å². The molecule has 1 aliphatic heterocycles. The smallest absolute Gasteiger partial charge is 0.164 e. The summed E-state index contributed by atoms with van der Waals surface area (Å²) in [5.74, 6) is 0.791. The van der Waals surface area contributed by atoms with E-state index in [0.717, 1.165) is 27.9 Å². The largest absolute Gasteiger partial charge is 0.367 e. The molecular formula is C14H20BrN5O. The van der Waals surface area contributed by atoms with Crippen LogP contribution in [0.5, 0.6) is 0 Å². The van der Waals surface area contributed by atoms with Gasteiger partial charge in [-0.15, -0.1) is 0 Å². The normalized spacial score (nSPS) is 23.6. The van der Waals surface area contributed by atoms with E-state index in [4.69, 9.17) is 4.74 Å². The second kappa shape index (κ2) is 4.64. The van der Waals surface area contributed by atoms with Gasteiger partial charge in [0.05, 0.1) is 22.6 Å². The summed E-state index contributed by atoms with van der Waals surface area (Å²) in [5, 5.41) is 8.78. The quantitative estimate of drug-likeness (QED) is 0.899. The Morgan fingerprint density at radius 2 is 2.05 bits per heavy atom. The molecule has 114 valence electrons. The van der Waals surface area contributed by atoms with Crippen LogP contribution < -0.4 is 5.32 Å². The number of hydrogen-bond donors (Lipinski definition) is 1. The molecule has 2 aromatic heterocycles. The molecule has 3 rings (SSSR count). The Balaban J connectivity index is 1.99. The fourth-order valence-electron chi connectivity index (χ4n) is 3.10. The molecule has 0 aliphatic carbocycles. The number of halogens is 1. The molecule has 1 unspecified atom stereocenters. The molecule has 1 aliphatic rings. The summed E-state index contributed by atoms with van der Waals surface area (Å²) in [6.45, 7) is 8.45. The molecule has 0 aromatic carbocycles. The zero-order chi connectivity index (χ0) is 15.4. The first kappa shape index (κ1) is 14.7. The maximum Gasteiger partial charge on any atom is 0.164 e. The first-order valence-corrected chi connectivity index (χ1v) is 7.79. The van der Waals surface area contributed by atoms with Gasteiger partial charge in [-0.3, -0.25) is 0 Å². The van der Waals surface area contributed by atoms with Gasteiger partial charge in [0.2, 0.25) is 0 Å². The van der Waals surface area contributed by atoms with Crippen molar-refractivity contribution in [1.82, 2.24) is 19.7 Å². The summed E-state index contributed by atoms with van der Waals surface area (Å²) >= 11 is 3.49. The van der Waals surface area contributed by atoms with Crippen molar-refractivity contribution in [3.8, 4) is 0 Å². The number of anilines is 1. The van der Waals surface area contributed by atoms with E-state index in [2.05, 4.69) is 64.0 Å². The van der Waals surface area contributed by atoms with E-state index >= 15 is 0 Å². The first-order chi connectivity index (χ1) is 9.70. The fraction of sp³-hybridized carbons (Fsp3) is 0.643. The third-order valence-electron chi connectivity index (χ3n) is 3.96. The van der Waals surface area contributed by atoms with Gasteiger partial charge >= 0.3 is 0 Å². The lowest BCUT2D eigenvalue weighted by molar-refractivity contribution is -0.0662. The van der Waals surface area contributed by atoms with Gasteiger partial charge in [-0.2, -0.15) is 5.10 Å². The topological polar surface area (TPSA) is 64.9 Å². The van der Waals surface area contributed by atoms with Crippen molar-refractivity contribution in [1.29, 1.82) is 0 Å². The van der Waals surface area contributed by atoms with Gasteiger partial charge in [-0.05, 0) is 50.0 Å². The lowest BCUT2D eigenvalue weighted by Gasteiger charge is -2.28. The average molecular weight is 354 g/mol. The van der Waals surface area contributed by atoms with Crippen LogP contribution in [0.25, 0.3) is 11.0 Å². The Bertz CT molecular complexity index is 694. The zero-order valence-corrected chi connectivity index (χ0v) is 14.5. The summed E-state index contributed by atoms with van der Waals surface area (Å²) in [4.78, 5) is 8.69. The molecule has 3 heterocycles. The molecule has 6 nitrogen and oxygen atoms in total. The lowest BCUT2D eigenvalue weighted by atomic mass is 9.94. The molecule has 2 aromatic rings. The maximum absolute atomic E-state index is 6.13. The number of hydrogen-bond acceptors (Lipinski definition) is 5. The molecule has 0 bridgehead atoms. The minimum Gasteiger partial charge on any atom is -0.367 e. The third-order valence-corrected chi connectivity index (χ3v) is 4.52. The van der Waals surface area contributed by atoms with Crippen molar-refractivity contribution in [2.45, 2.75) is 51.4 Å². The molecule has 21 heavy (non-hydrogen) atoms. The Hall–Kier alpha value is -1.21. The summed E-state index contributed by atoms with van der Waals surface area (Å²) in [5.41, 5.74) is 0.407. The van der Waals surface area contributed by atoms with Crippen LogP contribution in [0.3, 0.4) is 0 Å². The van der Waals surface area contributed by atoms with Gasteiger partial charge in [0.25, 0.3) is 0 Å². The molecule has 0 saturated carbocycles. The van der Waals surface area contributed by atoms with E-state index < -0.39 is 0 Å². The molecule has 1 atom stereocenters. The number of aromatic nitrogens is 4. The SMILES string of the molecule is Cn1nc(Br)c2c(NC3CC(C)(C)OC3(C)C)ncnc21. The average Bonchev–Trinajstić information content (AvgIpc) is 2.74. The highest BCUT2D eigenvalue weighted by Crippen LogP contribution is 2.39. The van der Waals surface area contributed by atoms with Crippen LogP contribution in [-0.2, 0) is 11.8 Å². The van der Waals surface area contributed by atoms with E-state index in [0.29, 0.717) is 0 Å². The molecule has 7 heteroatoms. The summed E-state index contributed by atoms with van der Waals surface area (Å²) in [6, 6.07) is 0.178. The number of nitrogens with one attached hydrogen (secondary N) is 1. The minimum absolute atomic E-state index is 0.139. The predicted octanol–water partition coefficient (Wildman–Crippen LogP) is 2.88. The van der Waals surface area contributed by atoms with Crippen molar-refractivity contribution < 1.29 is 4.74 Å². The molecule has 1 saturated heterocycles. The van der Waals surface area contributed by atoms with Crippen molar-refractivity contribution in [3.05, 3.63) is 10.9 Å². The van der Waals surface area contributed by atoms with Crippen molar-refractivity contribution >= 4 is 32.8 Å². The summed E-state index contributed by atoms with van der Waals surface area (Å²) in [6.07, 6.45) is 2.48. The summed E-state index contributed by atoms with van der Waals surface area (Å²) < 4.78 is 8.62. The molecule has 0 spiro atoms. The van der Waals surface area contributed by atoms with Gasteiger partial charge in [0.15, 0.2) is 5.65 Å². The monoisotopic (exact) mass is 353 g/mol. The number of rotatable bonds is 2. The zero-order valence-electron chi connectivity index (χ0n) is 12.9. The number of aryl methyl sites for hydroxylation is 1. The highest BCUT2D eigenvalue weighted by molar-refractivity contribution is 9.10. The lowest BCUT2D eigenvalue weighted by Crippen LogP contribution is -2.38. The van der Waals surface area contributed by atoms with Gasteiger partial charge in [-0.25, -0.2) is 14.6 Å². The minimum atomic E-state index is -0.255. The van der Waals surface area contributed by atoms with Crippen LogP contribution in [-0.4, -0.2) is 37.0 Å². The van der Waals surface area contributed by atoms with Crippen molar-refractivity contribution in [2.75, 3.05) is 5.32 Å². The summed E-state index contributed by atoms with van der Waals surface area (Å²) in [7, 11) is 1.87. The number of fused-ring (bicyclic) bond motifs is 1.